The summed E-state index contributed by atoms with van der Waals surface area (Å²) in [4.78, 5) is 0. The van der Waals surface area contributed by atoms with Gasteiger partial charge in [-0.2, -0.15) is 0 Å². The summed E-state index contributed by atoms with van der Waals surface area (Å²) >= 11 is 0. The minimum absolute atomic E-state index is 0.210. The largest absolute Gasteiger partial charge is 0.327 e. The van der Waals surface area contributed by atoms with Crippen molar-refractivity contribution < 1.29 is 0 Å². The first kappa shape index (κ1) is 15.9. The van der Waals surface area contributed by atoms with E-state index in [-0.39, 0.29) is 17.1 Å². The van der Waals surface area contributed by atoms with Gasteiger partial charge in [-0.1, -0.05) is 13.8 Å². The van der Waals surface area contributed by atoms with Crippen molar-refractivity contribution in [3.63, 3.8) is 0 Å². The van der Waals surface area contributed by atoms with Crippen molar-refractivity contribution in [2.24, 2.45) is 11.7 Å². The number of hydrogen-bond acceptors (Lipinski definition) is 3. The van der Waals surface area contributed by atoms with Crippen LogP contribution in [0.3, 0.4) is 0 Å². The smallest absolute Gasteiger partial charge is 0.0167 e. The second-order valence-corrected chi connectivity index (χ2v) is 7.80. The first-order valence-electron chi connectivity index (χ1n) is 7.38. The topological polar surface area (TPSA) is 50.1 Å². The molecule has 0 aliphatic carbocycles. The maximum absolute atomic E-state index is 6.15. The molecule has 1 saturated heterocycles. The zero-order valence-corrected chi connectivity index (χ0v) is 13.1. The predicted molar refractivity (Wildman–Crippen MR) is 79.7 cm³/mol. The molecular formula is C15H33N3. The first-order chi connectivity index (χ1) is 8.10. The summed E-state index contributed by atoms with van der Waals surface area (Å²) < 4.78 is 0. The summed E-state index contributed by atoms with van der Waals surface area (Å²) in [7, 11) is 0. The Kier molecular flexibility index (Phi) is 5.22. The minimum atomic E-state index is 0.210. The third kappa shape index (κ3) is 5.68. The van der Waals surface area contributed by atoms with Gasteiger partial charge >= 0.3 is 0 Å². The fourth-order valence-corrected chi connectivity index (χ4v) is 3.47. The Labute approximate surface area is 113 Å². The molecule has 1 aliphatic rings. The predicted octanol–water partition coefficient (Wildman–Crippen LogP) is 2.26. The monoisotopic (exact) mass is 255 g/mol. The third-order valence-corrected chi connectivity index (χ3v) is 3.63. The maximum atomic E-state index is 6.15. The van der Waals surface area contributed by atoms with Gasteiger partial charge in [0, 0.05) is 29.7 Å². The van der Waals surface area contributed by atoms with Crippen molar-refractivity contribution in [1.82, 2.24) is 10.6 Å². The second-order valence-electron chi connectivity index (χ2n) is 7.80. The summed E-state index contributed by atoms with van der Waals surface area (Å²) in [5, 5.41) is 7.38. The van der Waals surface area contributed by atoms with E-state index in [9.17, 15) is 0 Å². The van der Waals surface area contributed by atoms with Crippen molar-refractivity contribution in [3.8, 4) is 0 Å². The summed E-state index contributed by atoms with van der Waals surface area (Å²) in [5.74, 6) is 0.683. The third-order valence-electron chi connectivity index (χ3n) is 3.63. The van der Waals surface area contributed by atoms with Crippen LogP contribution in [0.2, 0.25) is 0 Å². The Morgan fingerprint density at radius 3 is 2.11 bits per heavy atom. The molecule has 0 aromatic carbocycles. The lowest BCUT2D eigenvalue weighted by atomic mass is 9.79. The summed E-state index contributed by atoms with van der Waals surface area (Å²) in [5.41, 5.74) is 6.57. The van der Waals surface area contributed by atoms with Gasteiger partial charge in [0.25, 0.3) is 0 Å². The first-order valence-corrected chi connectivity index (χ1v) is 7.38. The molecule has 3 heteroatoms. The van der Waals surface area contributed by atoms with Gasteiger partial charge in [0.2, 0.25) is 0 Å². The molecule has 18 heavy (non-hydrogen) atoms. The molecule has 1 rings (SSSR count). The number of piperidine rings is 1. The van der Waals surface area contributed by atoms with Crippen LogP contribution in [0.15, 0.2) is 0 Å². The lowest BCUT2D eigenvalue weighted by molar-refractivity contribution is 0.145. The normalized spacial score (nSPS) is 25.3. The molecule has 0 aromatic rings. The van der Waals surface area contributed by atoms with Crippen LogP contribution in [0, 0.1) is 5.92 Å². The zero-order valence-electron chi connectivity index (χ0n) is 13.1. The van der Waals surface area contributed by atoms with E-state index in [4.69, 9.17) is 5.73 Å². The van der Waals surface area contributed by atoms with Crippen LogP contribution in [-0.2, 0) is 0 Å². The molecule has 0 bridgehead atoms. The van der Waals surface area contributed by atoms with E-state index in [0.717, 1.165) is 13.0 Å². The van der Waals surface area contributed by atoms with E-state index in [1.807, 2.05) is 0 Å². The maximum Gasteiger partial charge on any atom is 0.0167 e. The van der Waals surface area contributed by atoms with Crippen molar-refractivity contribution in [3.05, 3.63) is 0 Å². The van der Waals surface area contributed by atoms with Gasteiger partial charge in [0.1, 0.15) is 0 Å². The quantitative estimate of drug-likeness (QED) is 0.706. The molecule has 1 atom stereocenters. The average molecular weight is 255 g/mol. The van der Waals surface area contributed by atoms with E-state index < -0.39 is 0 Å². The van der Waals surface area contributed by atoms with Crippen LogP contribution in [0.25, 0.3) is 0 Å². The van der Waals surface area contributed by atoms with Gasteiger partial charge in [-0.3, -0.25) is 0 Å². The summed E-state index contributed by atoms with van der Waals surface area (Å²) in [6.45, 7) is 14.6. The molecule has 1 fully saturated rings. The highest BCUT2D eigenvalue weighted by Crippen LogP contribution is 2.28. The van der Waals surface area contributed by atoms with Gasteiger partial charge in [-0.25, -0.2) is 0 Å². The van der Waals surface area contributed by atoms with Crippen LogP contribution in [0.5, 0.6) is 0 Å². The minimum Gasteiger partial charge on any atom is -0.327 e. The highest BCUT2D eigenvalue weighted by atomic mass is 15.1. The molecule has 108 valence electrons. The van der Waals surface area contributed by atoms with E-state index in [0.29, 0.717) is 12.0 Å². The SMILES string of the molecule is CC(C)CC(N)CNC1CC(C)(C)NC(C)(C)C1. The number of nitrogens with one attached hydrogen (secondary N) is 2. The summed E-state index contributed by atoms with van der Waals surface area (Å²) in [6, 6.07) is 0.862. The molecule has 4 N–H and O–H groups in total. The molecule has 1 aliphatic heterocycles. The molecule has 0 radical (unpaired) electrons. The van der Waals surface area contributed by atoms with Crippen molar-refractivity contribution in [2.45, 2.75) is 84.0 Å². The van der Waals surface area contributed by atoms with Gasteiger partial charge < -0.3 is 16.4 Å². The second kappa shape index (κ2) is 5.89. The molecule has 0 spiro atoms. The Hall–Kier alpha value is -0.120. The highest BCUT2D eigenvalue weighted by molar-refractivity contribution is 4.99. The Morgan fingerprint density at radius 1 is 1.17 bits per heavy atom. The highest BCUT2D eigenvalue weighted by Gasteiger charge is 2.37. The van der Waals surface area contributed by atoms with Crippen LogP contribution < -0.4 is 16.4 Å². The van der Waals surface area contributed by atoms with E-state index in [1.54, 1.807) is 0 Å². The lowest BCUT2D eigenvalue weighted by Gasteiger charge is -2.47. The van der Waals surface area contributed by atoms with Crippen LogP contribution in [0.4, 0.5) is 0 Å². The van der Waals surface area contributed by atoms with Crippen molar-refractivity contribution in [2.75, 3.05) is 6.54 Å². The average Bonchev–Trinajstić information content (AvgIpc) is 2.08. The Bertz CT molecular complexity index is 242. The number of rotatable bonds is 5. The van der Waals surface area contributed by atoms with Gasteiger partial charge in [0.15, 0.2) is 0 Å². The van der Waals surface area contributed by atoms with Crippen LogP contribution in [0.1, 0.15) is 60.8 Å². The van der Waals surface area contributed by atoms with Crippen LogP contribution in [-0.4, -0.2) is 29.7 Å². The number of nitrogens with two attached hydrogens (primary N) is 1. The fourth-order valence-electron chi connectivity index (χ4n) is 3.47. The zero-order chi connectivity index (χ0) is 14.0. The number of hydrogen-bond donors (Lipinski definition) is 3. The fraction of sp³-hybridized carbons (Fsp3) is 1.00. The van der Waals surface area contributed by atoms with Crippen molar-refractivity contribution >= 4 is 0 Å². The van der Waals surface area contributed by atoms with Gasteiger partial charge in [-0.05, 0) is 52.9 Å². The van der Waals surface area contributed by atoms with Crippen LogP contribution >= 0.6 is 0 Å². The van der Waals surface area contributed by atoms with Gasteiger partial charge in [0.05, 0.1) is 0 Å². The summed E-state index contributed by atoms with van der Waals surface area (Å²) in [6.07, 6.45) is 3.44. The molecule has 1 unspecified atom stereocenters. The molecule has 0 saturated carbocycles. The molecule has 3 nitrogen and oxygen atoms in total. The molecule has 1 heterocycles. The lowest BCUT2D eigenvalue weighted by Crippen LogP contribution is -2.62. The molecule has 0 aromatic heterocycles. The molecular weight excluding hydrogens is 222 g/mol. The van der Waals surface area contributed by atoms with Crippen molar-refractivity contribution in [1.29, 1.82) is 0 Å². The van der Waals surface area contributed by atoms with E-state index >= 15 is 0 Å². The molecule has 0 amide bonds. The van der Waals surface area contributed by atoms with E-state index in [2.05, 4.69) is 52.2 Å². The standard InChI is InChI=1S/C15H33N3/c1-11(2)7-12(16)10-17-13-8-14(3,4)18-15(5,6)9-13/h11-13,17-18H,7-10,16H2,1-6H3. The van der Waals surface area contributed by atoms with E-state index in [1.165, 1.54) is 12.8 Å². The Morgan fingerprint density at radius 2 is 1.67 bits per heavy atom. The Balaban J connectivity index is 2.42. The van der Waals surface area contributed by atoms with Gasteiger partial charge in [-0.15, -0.1) is 0 Å².